The minimum Gasteiger partial charge on any atom is -0.271 e. The molecule has 0 aliphatic heterocycles. The predicted octanol–water partition coefficient (Wildman–Crippen LogP) is 3.62. The number of nitrogens with two attached hydrogens (primary N) is 1. The van der Waals surface area contributed by atoms with Gasteiger partial charge in [-0.3, -0.25) is 5.84 Å². The Hall–Kier alpha value is -1.56. The van der Waals surface area contributed by atoms with Crippen LogP contribution >= 0.6 is 11.6 Å². The van der Waals surface area contributed by atoms with Gasteiger partial charge in [0.25, 0.3) is 0 Å². The minimum absolute atomic E-state index is 0.112. The van der Waals surface area contributed by atoms with Gasteiger partial charge < -0.3 is 0 Å². The van der Waals surface area contributed by atoms with E-state index in [1.165, 1.54) is 0 Å². The Kier molecular flexibility index (Phi) is 4.32. The first-order chi connectivity index (χ1) is 9.47. The Bertz CT molecular complexity index is 647. The zero-order valence-corrected chi connectivity index (χ0v) is 11.3. The molecule has 0 saturated heterocycles. The summed E-state index contributed by atoms with van der Waals surface area (Å²) in [6.07, 6.45) is 0. The van der Waals surface area contributed by atoms with E-state index in [2.05, 4.69) is 5.43 Å². The summed E-state index contributed by atoms with van der Waals surface area (Å²) in [4.78, 5) is 0. The molecule has 0 aliphatic carbocycles. The van der Waals surface area contributed by atoms with Crippen molar-refractivity contribution in [3.63, 3.8) is 0 Å². The molecule has 6 heteroatoms. The van der Waals surface area contributed by atoms with Gasteiger partial charge in [0.1, 0.15) is 0 Å². The second-order valence-electron chi connectivity index (χ2n) is 4.34. The molecule has 1 atom stereocenters. The zero-order chi connectivity index (χ0) is 14.9. The average Bonchev–Trinajstić information content (AvgIpc) is 2.44. The molecule has 3 N–H and O–H groups in total. The lowest BCUT2D eigenvalue weighted by atomic mass is 9.97. The standard InChI is InChI=1S/C14H12ClF3N2/c1-7-3-2-4-8(11(7)15)14(20-19)9-5-6-10(16)13(18)12(9)17/h2-6,14,20H,19H2,1H3. The van der Waals surface area contributed by atoms with Crippen LogP contribution in [-0.4, -0.2) is 0 Å². The van der Waals surface area contributed by atoms with Crippen LogP contribution in [0.25, 0.3) is 0 Å². The Morgan fingerprint density at radius 2 is 1.75 bits per heavy atom. The zero-order valence-electron chi connectivity index (χ0n) is 10.6. The highest BCUT2D eigenvalue weighted by Gasteiger charge is 2.23. The second-order valence-corrected chi connectivity index (χ2v) is 4.72. The smallest absolute Gasteiger partial charge is 0.194 e. The van der Waals surface area contributed by atoms with Crippen molar-refractivity contribution in [3.8, 4) is 0 Å². The second kappa shape index (κ2) is 5.83. The lowest BCUT2D eigenvalue weighted by Gasteiger charge is -2.20. The molecule has 1 unspecified atom stereocenters. The molecule has 106 valence electrons. The normalized spacial score (nSPS) is 12.5. The first-order valence-electron chi connectivity index (χ1n) is 5.82. The van der Waals surface area contributed by atoms with Crippen molar-refractivity contribution in [3.05, 3.63) is 69.5 Å². The Balaban J connectivity index is 2.59. The first-order valence-corrected chi connectivity index (χ1v) is 6.19. The third kappa shape index (κ3) is 2.52. The number of hydrogen-bond donors (Lipinski definition) is 2. The van der Waals surface area contributed by atoms with Crippen molar-refractivity contribution in [1.29, 1.82) is 0 Å². The lowest BCUT2D eigenvalue weighted by Crippen LogP contribution is -2.30. The van der Waals surface area contributed by atoms with Gasteiger partial charge in [0.15, 0.2) is 17.5 Å². The maximum Gasteiger partial charge on any atom is 0.194 e. The maximum atomic E-state index is 13.9. The molecule has 0 aliphatic rings. The molecule has 2 aromatic carbocycles. The van der Waals surface area contributed by atoms with Crippen LogP contribution in [0.5, 0.6) is 0 Å². The van der Waals surface area contributed by atoms with E-state index < -0.39 is 23.5 Å². The van der Waals surface area contributed by atoms with Gasteiger partial charge in [0, 0.05) is 10.6 Å². The number of halogens is 4. The van der Waals surface area contributed by atoms with Gasteiger partial charge in [-0.15, -0.1) is 0 Å². The van der Waals surface area contributed by atoms with Crippen LogP contribution in [0.1, 0.15) is 22.7 Å². The fourth-order valence-corrected chi connectivity index (χ4v) is 2.24. The summed E-state index contributed by atoms with van der Waals surface area (Å²) in [6.45, 7) is 1.78. The molecule has 2 nitrogen and oxygen atoms in total. The van der Waals surface area contributed by atoms with Crippen molar-refractivity contribution in [2.45, 2.75) is 13.0 Å². The van der Waals surface area contributed by atoms with Gasteiger partial charge >= 0.3 is 0 Å². The molecule has 2 rings (SSSR count). The number of nitrogens with one attached hydrogen (secondary N) is 1. The number of rotatable bonds is 3. The van der Waals surface area contributed by atoms with E-state index in [-0.39, 0.29) is 5.56 Å². The van der Waals surface area contributed by atoms with Gasteiger partial charge in [-0.2, -0.15) is 0 Å². The summed E-state index contributed by atoms with van der Waals surface area (Å²) in [5.74, 6) is 1.35. The molecule has 0 amide bonds. The van der Waals surface area contributed by atoms with E-state index in [0.717, 1.165) is 17.7 Å². The fourth-order valence-electron chi connectivity index (χ4n) is 2.00. The van der Waals surface area contributed by atoms with Gasteiger partial charge in [-0.05, 0) is 24.1 Å². The average molecular weight is 301 g/mol. The van der Waals surface area contributed by atoms with Crippen LogP contribution in [0.4, 0.5) is 13.2 Å². The summed E-state index contributed by atoms with van der Waals surface area (Å²) >= 11 is 6.15. The number of hydrazine groups is 1. The van der Waals surface area contributed by atoms with Crippen molar-refractivity contribution >= 4 is 11.6 Å². The Morgan fingerprint density at radius 3 is 2.40 bits per heavy atom. The van der Waals surface area contributed by atoms with E-state index in [9.17, 15) is 13.2 Å². The van der Waals surface area contributed by atoms with Crippen molar-refractivity contribution in [1.82, 2.24) is 5.43 Å². The van der Waals surface area contributed by atoms with Gasteiger partial charge in [0.2, 0.25) is 0 Å². The predicted molar refractivity (Wildman–Crippen MR) is 71.7 cm³/mol. The van der Waals surface area contributed by atoms with Crippen LogP contribution < -0.4 is 11.3 Å². The van der Waals surface area contributed by atoms with Crippen LogP contribution in [0.15, 0.2) is 30.3 Å². The van der Waals surface area contributed by atoms with Crippen LogP contribution in [0.2, 0.25) is 5.02 Å². The first kappa shape index (κ1) is 14.8. The highest BCUT2D eigenvalue weighted by Crippen LogP contribution is 2.32. The number of benzene rings is 2. The van der Waals surface area contributed by atoms with E-state index in [1.54, 1.807) is 25.1 Å². The largest absolute Gasteiger partial charge is 0.271 e. The molecule has 0 aromatic heterocycles. The summed E-state index contributed by atoms with van der Waals surface area (Å²) in [5, 5.41) is 0.389. The topological polar surface area (TPSA) is 38.0 Å². The molecule has 0 bridgehead atoms. The molecular formula is C14H12ClF3N2. The van der Waals surface area contributed by atoms with Crippen LogP contribution in [0.3, 0.4) is 0 Å². The lowest BCUT2D eigenvalue weighted by molar-refractivity contribution is 0.433. The molecular weight excluding hydrogens is 289 g/mol. The van der Waals surface area contributed by atoms with E-state index in [1.807, 2.05) is 0 Å². The molecule has 0 heterocycles. The quantitative estimate of drug-likeness (QED) is 0.516. The molecule has 0 fully saturated rings. The molecule has 0 saturated carbocycles. The Morgan fingerprint density at radius 1 is 1.05 bits per heavy atom. The van der Waals surface area contributed by atoms with Gasteiger partial charge in [-0.25, -0.2) is 18.6 Å². The minimum atomic E-state index is -1.54. The number of hydrogen-bond acceptors (Lipinski definition) is 2. The van der Waals surface area contributed by atoms with Gasteiger partial charge in [0.05, 0.1) is 6.04 Å². The summed E-state index contributed by atoms with van der Waals surface area (Å²) in [5.41, 5.74) is 3.52. The van der Waals surface area contributed by atoms with E-state index in [0.29, 0.717) is 10.6 Å². The third-order valence-electron chi connectivity index (χ3n) is 3.08. The molecule has 0 spiro atoms. The van der Waals surface area contributed by atoms with Crippen molar-refractivity contribution in [2.24, 2.45) is 5.84 Å². The summed E-state index contributed by atoms with van der Waals surface area (Å²) in [6, 6.07) is 6.25. The Labute approximate surface area is 119 Å². The van der Waals surface area contributed by atoms with Crippen LogP contribution in [-0.2, 0) is 0 Å². The fraction of sp³-hybridized carbons (Fsp3) is 0.143. The highest BCUT2D eigenvalue weighted by atomic mass is 35.5. The monoisotopic (exact) mass is 300 g/mol. The van der Waals surface area contributed by atoms with Gasteiger partial charge in [-0.1, -0.05) is 35.9 Å². The summed E-state index contributed by atoms with van der Waals surface area (Å²) in [7, 11) is 0. The molecule has 2 aromatic rings. The maximum absolute atomic E-state index is 13.9. The number of aryl methyl sites for hydroxylation is 1. The van der Waals surface area contributed by atoms with Crippen molar-refractivity contribution < 1.29 is 13.2 Å². The third-order valence-corrected chi connectivity index (χ3v) is 3.59. The van der Waals surface area contributed by atoms with Crippen LogP contribution in [0, 0.1) is 24.4 Å². The molecule has 0 radical (unpaired) electrons. The summed E-state index contributed by atoms with van der Waals surface area (Å²) < 4.78 is 40.2. The highest BCUT2D eigenvalue weighted by molar-refractivity contribution is 6.32. The van der Waals surface area contributed by atoms with Crippen molar-refractivity contribution in [2.75, 3.05) is 0 Å². The SMILES string of the molecule is Cc1cccc(C(NN)c2ccc(F)c(F)c2F)c1Cl. The molecule has 20 heavy (non-hydrogen) atoms. The van der Waals surface area contributed by atoms with E-state index in [4.69, 9.17) is 17.4 Å². The van der Waals surface area contributed by atoms with E-state index >= 15 is 0 Å².